The first-order valence-corrected chi connectivity index (χ1v) is 10.5. The maximum absolute atomic E-state index is 13.3. The maximum Gasteiger partial charge on any atom is 0.257 e. The van der Waals surface area contributed by atoms with Crippen LogP contribution >= 0.6 is 0 Å². The van der Waals surface area contributed by atoms with E-state index in [9.17, 15) is 4.79 Å². The summed E-state index contributed by atoms with van der Waals surface area (Å²) in [6.45, 7) is 5.29. The average Bonchev–Trinajstić information content (AvgIpc) is 2.78. The Bertz CT molecular complexity index is 1100. The van der Waals surface area contributed by atoms with Crippen LogP contribution in [0.2, 0.25) is 0 Å². The molecule has 7 nitrogen and oxygen atoms in total. The number of hydrogen-bond acceptors (Lipinski definition) is 6. The van der Waals surface area contributed by atoms with Gasteiger partial charge in [-0.25, -0.2) is 9.97 Å². The molecular formula is C24H27N5O2. The predicted octanol–water partition coefficient (Wildman–Crippen LogP) is 3.77. The average molecular weight is 418 g/mol. The van der Waals surface area contributed by atoms with Gasteiger partial charge in [0.15, 0.2) is 0 Å². The van der Waals surface area contributed by atoms with Crippen molar-refractivity contribution in [2.45, 2.75) is 32.6 Å². The van der Waals surface area contributed by atoms with Crippen LogP contribution in [0.25, 0.3) is 11.1 Å². The van der Waals surface area contributed by atoms with Crippen LogP contribution in [0.5, 0.6) is 5.75 Å². The standard InChI is InChI=1S/C24H27N5O2/c1-15-6-4-8-20(22(15)31-3)23(30)29-9-5-7-17(14-29)21-11-18(10-16(2)28-21)19-12-26-24(25)27-13-19/h4,6,8,10-13,17H,5,7,9,14H2,1-3H3,(H2,25,26,27)/t17-/m1/s1. The lowest BCUT2D eigenvalue weighted by Crippen LogP contribution is -2.39. The Morgan fingerprint density at radius 2 is 1.94 bits per heavy atom. The number of carbonyl (C=O) groups excluding carboxylic acids is 1. The molecule has 160 valence electrons. The number of amides is 1. The van der Waals surface area contributed by atoms with Crippen molar-refractivity contribution in [3.63, 3.8) is 0 Å². The van der Waals surface area contributed by atoms with Crippen molar-refractivity contribution >= 4 is 11.9 Å². The van der Waals surface area contributed by atoms with E-state index >= 15 is 0 Å². The fourth-order valence-corrected chi connectivity index (χ4v) is 4.22. The largest absolute Gasteiger partial charge is 0.496 e. The van der Waals surface area contributed by atoms with E-state index in [1.807, 2.05) is 43.0 Å². The lowest BCUT2D eigenvalue weighted by molar-refractivity contribution is 0.0702. The summed E-state index contributed by atoms with van der Waals surface area (Å²) in [5.74, 6) is 1.07. The summed E-state index contributed by atoms with van der Waals surface area (Å²) in [4.78, 5) is 28.2. The molecule has 31 heavy (non-hydrogen) atoms. The second-order valence-corrected chi connectivity index (χ2v) is 8.00. The van der Waals surface area contributed by atoms with Crippen molar-refractivity contribution in [3.05, 3.63) is 65.2 Å². The summed E-state index contributed by atoms with van der Waals surface area (Å²) in [6, 6.07) is 9.78. The normalized spacial score (nSPS) is 16.2. The molecule has 3 heterocycles. The van der Waals surface area contributed by atoms with Gasteiger partial charge in [0.05, 0.1) is 12.7 Å². The lowest BCUT2D eigenvalue weighted by atomic mass is 9.92. The third-order valence-electron chi connectivity index (χ3n) is 5.75. The Hall–Kier alpha value is -3.48. The molecule has 7 heteroatoms. The maximum atomic E-state index is 13.3. The molecule has 1 fully saturated rings. The van der Waals surface area contributed by atoms with Crippen molar-refractivity contribution in [2.75, 3.05) is 25.9 Å². The number of para-hydroxylation sites is 1. The number of aromatic nitrogens is 3. The molecule has 1 amide bonds. The number of nitrogen functional groups attached to an aromatic ring is 1. The number of ether oxygens (including phenoxy) is 1. The third kappa shape index (κ3) is 4.35. The van der Waals surface area contributed by atoms with Crippen LogP contribution < -0.4 is 10.5 Å². The van der Waals surface area contributed by atoms with E-state index in [2.05, 4.69) is 16.0 Å². The van der Waals surface area contributed by atoms with Crippen LogP contribution in [0.3, 0.4) is 0 Å². The summed E-state index contributed by atoms with van der Waals surface area (Å²) < 4.78 is 5.51. The molecule has 0 unspecified atom stereocenters. The van der Waals surface area contributed by atoms with Gasteiger partial charge >= 0.3 is 0 Å². The number of likely N-dealkylation sites (tertiary alicyclic amines) is 1. The van der Waals surface area contributed by atoms with Crippen molar-refractivity contribution < 1.29 is 9.53 Å². The van der Waals surface area contributed by atoms with Crippen LogP contribution in [0, 0.1) is 13.8 Å². The quantitative estimate of drug-likeness (QED) is 0.694. The smallest absolute Gasteiger partial charge is 0.257 e. The van der Waals surface area contributed by atoms with Gasteiger partial charge in [-0.2, -0.15) is 0 Å². The topological polar surface area (TPSA) is 94.2 Å². The van der Waals surface area contributed by atoms with Crippen LogP contribution in [0.4, 0.5) is 5.95 Å². The van der Waals surface area contributed by atoms with Gasteiger partial charge in [-0.05, 0) is 56.0 Å². The zero-order valence-corrected chi connectivity index (χ0v) is 18.1. The minimum Gasteiger partial charge on any atom is -0.496 e. The van der Waals surface area contributed by atoms with Crippen LogP contribution in [0.1, 0.15) is 46.1 Å². The van der Waals surface area contributed by atoms with Crippen molar-refractivity contribution in [1.29, 1.82) is 0 Å². The van der Waals surface area contributed by atoms with Gasteiger partial charge in [0, 0.05) is 48.4 Å². The zero-order chi connectivity index (χ0) is 22.0. The Labute approximate surface area is 182 Å². The SMILES string of the molecule is COc1c(C)cccc1C(=O)N1CCC[C@@H](c2cc(-c3cnc(N)nc3)cc(C)n2)C1. The van der Waals surface area contributed by atoms with Gasteiger partial charge in [-0.15, -0.1) is 0 Å². The number of pyridine rings is 1. The van der Waals surface area contributed by atoms with E-state index in [0.717, 1.165) is 47.5 Å². The number of anilines is 1. The van der Waals surface area contributed by atoms with Gasteiger partial charge in [-0.3, -0.25) is 9.78 Å². The molecule has 2 N–H and O–H groups in total. The number of methoxy groups -OCH3 is 1. The monoisotopic (exact) mass is 417 g/mol. The highest BCUT2D eigenvalue weighted by molar-refractivity contribution is 5.97. The van der Waals surface area contributed by atoms with Crippen LogP contribution in [0.15, 0.2) is 42.7 Å². The van der Waals surface area contributed by atoms with Gasteiger partial charge < -0.3 is 15.4 Å². The molecule has 0 radical (unpaired) electrons. The number of piperidine rings is 1. The van der Waals surface area contributed by atoms with E-state index in [0.29, 0.717) is 17.9 Å². The predicted molar refractivity (Wildman–Crippen MR) is 120 cm³/mol. The highest BCUT2D eigenvalue weighted by atomic mass is 16.5. The van der Waals surface area contributed by atoms with E-state index in [1.54, 1.807) is 19.5 Å². The minimum atomic E-state index is 0.00469. The van der Waals surface area contributed by atoms with Crippen LogP contribution in [-0.2, 0) is 0 Å². The summed E-state index contributed by atoms with van der Waals surface area (Å²) in [5.41, 5.74) is 11.0. The Morgan fingerprint density at radius 1 is 1.16 bits per heavy atom. The van der Waals surface area contributed by atoms with Crippen LogP contribution in [-0.4, -0.2) is 46.0 Å². The molecule has 2 aromatic heterocycles. The number of carbonyl (C=O) groups is 1. The molecule has 0 spiro atoms. The van der Waals surface area contributed by atoms with Gasteiger partial charge in [0.1, 0.15) is 5.75 Å². The molecular weight excluding hydrogens is 390 g/mol. The van der Waals surface area contributed by atoms with Gasteiger partial charge in [0.25, 0.3) is 5.91 Å². The number of aryl methyl sites for hydroxylation is 2. The second-order valence-electron chi connectivity index (χ2n) is 8.00. The van der Waals surface area contributed by atoms with E-state index in [1.165, 1.54) is 0 Å². The first kappa shape index (κ1) is 20.8. The lowest BCUT2D eigenvalue weighted by Gasteiger charge is -2.33. The summed E-state index contributed by atoms with van der Waals surface area (Å²) in [5, 5.41) is 0. The van der Waals surface area contributed by atoms with Crippen molar-refractivity contribution in [2.24, 2.45) is 0 Å². The number of nitrogens with two attached hydrogens (primary N) is 1. The number of rotatable bonds is 4. The Morgan fingerprint density at radius 3 is 2.68 bits per heavy atom. The molecule has 1 aromatic carbocycles. The Balaban J connectivity index is 1.60. The highest BCUT2D eigenvalue weighted by Crippen LogP contribution is 2.31. The first-order valence-electron chi connectivity index (χ1n) is 10.5. The summed E-state index contributed by atoms with van der Waals surface area (Å²) in [6.07, 6.45) is 5.37. The van der Waals surface area contributed by atoms with E-state index in [4.69, 9.17) is 15.5 Å². The van der Waals surface area contributed by atoms with E-state index in [-0.39, 0.29) is 17.8 Å². The number of benzene rings is 1. The summed E-state index contributed by atoms with van der Waals surface area (Å²) >= 11 is 0. The summed E-state index contributed by atoms with van der Waals surface area (Å²) in [7, 11) is 1.61. The Kier molecular flexibility index (Phi) is 5.84. The highest BCUT2D eigenvalue weighted by Gasteiger charge is 2.28. The molecule has 1 aliphatic rings. The second kappa shape index (κ2) is 8.71. The van der Waals surface area contributed by atoms with Gasteiger partial charge in [0.2, 0.25) is 5.95 Å². The number of nitrogens with zero attached hydrogens (tertiary/aromatic N) is 4. The minimum absolute atomic E-state index is 0.00469. The molecule has 3 aromatic rings. The molecule has 0 aliphatic carbocycles. The molecule has 1 aliphatic heterocycles. The molecule has 1 atom stereocenters. The molecule has 1 saturated heterocycles. The molecule has 4 rings (SSSR count). The molecule has 0 bridgehead atoms. The first-order chi connectivity index (χ1) is 15.0. The fourth-order valence-electron chi connectivity index (χ4n) is 4.22. The fraction of sp³-hybridized carbons (Fsp3) is 0.333. The van der Waals surface area contributed by atoms with Gasteiger partial charge in [-0.1, -0.05) is 12.1 Å². The van der Waals surface area contributed by atoms with Crippen molar-refractivity contribution in [3.8, 4) is 16.9 Å². The van der Waals surface area contributed by atoms with Crippen molar-refractivity contribution in [1.82, 2.24) is 19.9 Å². The number of hydrogen-bond donors (Lipinski definition) is 1. The zero-order valence-electron chi connectivity index (χ0n) is 18.1. The third-order valence-corrected chi connectivity index (χ3v) is 5.75. The molecule has 0 saturated carbocycles. The van der Waals surface area contributed by atoms with E-state index < -0.39 is 0 Å².